The van der Waals surface area contributed by atoms with Crippen molar-refractivity contribution in [2.75, 3.05) is 0 Å². The second-order valence-electron chi connectivity index (χ2n) is 5.81. The summed E-state index contributed by atoms with van der Waals surface area (Å²) in [6.07, 6.45) is 0. The number of nitrogens with zero attached hydrogens (tertiary/aromatic N) is 2. The zero-order chi connectivity index (χ0) is 18.8. The fourth-order valence-electron chi connectivity index (χ4n) is 2.39. The van der Waals surface area contributed by atoms with E-state index in [0.29, 0.717) is 15.2 Å². The van der Waals surface area contributed by atoms with Gasteiger partial charge in [-0.3, -0.25) is 30.3 Å². The lowest BCUT2D eigenvalue weighted by atomic mass is 10.1. The number of nitrogens with one attached hydrogen (secondary N) is 4. The SMILES string of the molecule is CC(C)c1[nH]nc(C(=O)NNC(=O)c2n[nH]c(=O)c3ccccc23)c1Br. The average Bonchev–Trinajstić information content (AvgIpc) is 3.02. The molecule has 0 unspecified atom stereocenters. The lowest BCUT2D eigenvalue weighted by molar-refractivity contribution is 0.0841. The van der Waals surface area contributed by atoms with Gasteiger partial charge in [0, 0.05) is 5.39 Å². The first-order valence-electron chi connectivity index (χ1n) is 7.72. The van der Waals surface area contributed by atoms with Crippen LogP contribution in [0.5, 0.6) is 0 Å². The van der Waals surface area contributed by atoms with Gasteiger partial charge in [-0.1, -0.05) is 32.0 Å². The van der Waals surface area contributed by atoms with Crippen LogP contribution in [-0.2, 0) is 0 Å². The molecule has 0 aliphatic heterocycles. The van der Waals surface area contributed by atoms with Crippen molar-refractivity contribution < 1.29 is 9.59 Å². The van der Waals surface area contributed by atoms with Gasteiger partial charge in [0.1, 0.15) is 0 Å². The van der Waals surface area contributed by atoms with E-state index in [-0.39, 0.29) is 17.3 Å². The van der Waals surface area contributed by atoms with Gasteiger partial charge in [0.25, 0.3) is 17.4 Å². The summed E-state index contributed by atoms with van der Waals surface area (Å²) in [5.41, 5.74) is 5.05. The van der Waals surface area contributed by atoms with Gasteiger partial charge in [-0.15, -0.1) is 0 Å². The van der Waals surface area contributed by atoms with Crippen LogP contribution in [0.2, 0.25) is 0 Å². The molecule has 2 aromatic heterocycles. The number of fused-ring (bicyclic) bond motifs is 1. The third-order valence-electron chi connectivity index (χ3n) is 3.73. The molecule has 0 aliphatic carbocycles. The molecular weight excluding hydrogens is 404 g/mol. The predicted molar refractivity (Wildman–Crippen MR) is 97.7 cm³/mol. The Morgan fingerprint density at radius 3 is 2.19 bits per heavy atom. The first kappa shape index (κ1) is 17.8. The van der Waals surface area contributed by atoms with Gasteiger partial charge in [0.05, 0.1) is 15.6 Å². The van der Waals surface area contributed by atoms with Crippen molar-refractivity contribution in [1.29, 1.82) is 0 Å². The van der Waals surface area contributed by atoms with E-state index in [1.165, 1.54) is 0 Å². The molecule has 0 saturated heterocycles. The monoisotopic (exact) mass is 418 g/mol. The van der Waals surface area contributed by atoms with Crippen LogP contribution in [0.25, 0.3) is 10.8 Å². The van der Waals surface area contributed by atoms with Crippen molar-refractivity contribution in [2.45, 2.75) is 19.8 Å². The largest absolute Gasteiger partial charge is 0.291 e. The van der Waals surface area contributed by atoms with Crippen molar-refractivity contribution in [3.8, 4) is 0 Å². The molecule has 0 spiro atoms. The number of hydrazine groups is 1. The smallest absolute Gasteiger partial charge is 0.280 e. The fourth-order valence-corrected chi connectivity index (χ4v) is 3.21. The first-order chi connectivity index (χ1) is 12.4. The summed E-state index contributed by atoms with van der Waals surface area (Å²) >= 11 is 3.33. The highest BCUT2D eigenvalue weighted by Crippen LogP contribution is 2.25. The second-order valence-corrected chi connectivity index (χ2v) is 6.60. The summed E-state index contributed by atoms with van der Waals surface area (Å²) in [7, 11) is 0. The average molecular weight is 419 g/mol. The number of halogens is 1. The Labute approximate surface area is 155 Å². The summed E-state index contributed by atoms with van der Waals surface area (Å²) in [5, 5.41) is 13.5. The normalized spacial score (nSPS) is 10.9. The molecule has 3 rings (SSSR count). The van der Waals surface area contributed by atoms with Crippen LogP contribution in [0.4, 0.5) is 0 Å². The second kappa shape index (κ2) is 7.08. The molecule has 3 aromatic rings. The number of H-pyrrole nitrogens is 2. The number of hydrogen-bond donors (Lipinski definition) is 4. The Morgan fingerprint density at radius 1 is 1.00 bits per heavy atom. The molecule has 4 N–H and O–H groups in total. The zero-order valence-corrected chi connectivity index (χ0v) is 15.5. The molecule has 0 radical (unpaired) electrons. The minimum absolute atomic E-state index is 0.00976. The third kappa shape index (κ3) is 3.23. The highest BCUT2D eigenvalue weighted by Gasteiger charge is 2.20. The minimum Gasteiger partial charge on any atom is -0.280 e. The quantitative estimate of drug-likeness (QED) is 0.479. The van der Waals surface area contributed by atoms with Crippen molar-refractivity contribution in [2.24, 2.45) is 0 Å². The van der Waals surface area contributed by atoms with Crippen LogP contribution in [0.1, 0.15) is 46.4 Å². The summed E-state index contributed by atoms with van der Waals surface area (Å²) < 4.78 is 0.534. The number of hydrogen-bond acceptors (Lipinski definition) is 5. The summed E-state index contributed by atoms with van der Waals surface area (Å²) in [6, 6.07) is 6.56. The number of rotatable bonds is 3. The standard InChI is InChI=1S/C16H15BrN6O3/c1-7(2)11-10(17)13(20-18-11)16(26)23-22-15(25)12-8-5-3-4-6-9(8)14(24)21-19-12/h3-7H,1-2H3,(H,18,20)(H,21,24)(H,22,25)(H,23,26). The van der Waals surface area contributed by atoms with Gasteiger partial charge in [-0.2, -0.15) is 10.2 Å². The Balaban J connectivity index is 1.79. The predicted octanol–water partition coefficient (Wildman–Crippen LogP) is 1.61. The van der Waals surface area contributed by atoms with Crippen molar-refractivity contribution in [3.63, 3.8) is 0 Å². The van der Waals surface area contributed by atoms with E-state index in [1.807, 2.05) is 13.8 Å². The maximum atomic E-state index is 12.4. The molecule has 2 amide bonds. The van der Waals surface area contributed by atoms with Crippen LogP contribution >= 0.6 is 15.9 Å². The topological polar surface area (TPSA) is 133 Å². The van der Waals surface area contributed by atoms with Gasteiger partial charge >= 0.3 is 0 Å². The van der Waals surface area contributed by atoms with Crippen LogP contribution in [-0.4, -0.2) is 32.2 Å². The van der Waals surface area contributed by atoms with Crippen LogP contribution < -0.4 is 16.4 Å². The van der Waals surface area contributed by atoms with Crippen LogP contribution in [0.15, 0.2) is 33.5 Å². The highest BCUT2D eigenvalue weighted by atomic mass is 79.9. The van der Waals surface area contributed by atoms with Crippen molar-refractivity contribution in [3.05, 3.63) is 56.2 Å². The molecule has 0 aliphatic rings. The Bertz CT molecular complexity index is 1060. The number of carbonyl (C=O) groups excluding carboxylic acids is 2. The number of carbonyl (C=O) groups is 2. The number of aromatic amines is 2. The van der Waals surface area contributed by atoms with E-state index >= 15 is 0 Å². The van der Waals surface area contributed by atoms with E-state index < -0.39 is 17.4 Å². The molecule has 0 saturated carbocycles. The molecular formula is C16H15BrN6O3. The minimum atomic E-state index is -0.665. The van der Waals surface area contributed by atoms with Crippen molar-refractivity contribution >= 4 is 38.5 Å². The van der Waals surface area contributed by atoms with Gasteiger partial charge in [-0.05, 0) is 27.9 Å². The Hall–Kier alpha value is -3.01. The molecule has 2 heterocycles. The van der Waals surface area contributed by atoms with Crippen molar-refractivity contribution in [1.82, 2.24) is 31.2 Å². The van der Waals surface area contributed by atoms with E-state index in [9.17, 15) is 14.4 Å². The molecule has 26 heavy (non-hydrogen) atoms. The Morgan fingerprint density at radius 2 is 1.58 bits per heavy atom. The number of amides is 2. The van der Waals surface area contributed by atoms with E-state index in [4.69, 9.17) is 0 Å². The first-order valence-corrected chi connectivity index (χ1v) is 8.51. The molecule has 0 atom stereocenters. The lowest BCUT2D eigenvalue weighted by Crippen LogP contribution is -2.42. The van der Waals surface area contributed by atoms with E-state index in [2.05, 4.69) is 47.2 Å². The summed E-state index contributed by atoms with van der Waals surface area (Å²) in [4.78, 5) is 36.4. The molecule has 0 fully saturated rings. The molecule has 0 bridgehead atoms. The molecule has 134 valence electrons. The Kier molecular flexibility index (Phi) is 4.85. The maximum absolute atomic E-state index is 12.4. The van der Waals surface area contributed by atoms with Crippen LogP contribution in [0, 0.1) is 0 Å². The molecule has 1 aromatic carbocycles. The third-order valence-corrected chi connectivity index (χ3v) is 4.53. The highest BCUT2D eigenvalue weighted by molar-refractivity contribution is 9.10. The number of aromatic nitrogens is 4. The van der Waals surface area contributed by atoms with Gasteiger partial charge in [0.2, 0.25) is 0 Å². The summed E-state index contributed by atoms with van der Waals surface area (Å²) in [6.45, 7) is 3.91. The van der Waals surface area contributed by atoms with Gasteiger partial charge in [0.15, 0.2) is 11.4 Å². The summed E-state index contributed by atoms with van der Waals surface area (Å²) in [5.74, 6) is -1.12. The van der Waals surface area contributed by atoms with E-state index in [1.54, 1.807) is 24.3 Å². The fraction of sp³-hybridized carbons (Fsp3) is 0.188. The molecule has 10 heteroatoms. The van der Waals surface area contributed by atoms with Gasteiger partial charge < -0.3 is 0 Å². The molecule has 9 nitrogen and oxygen atoms in total. The van der Waals surface area contributed by atoms with Crippen LogP contribution in [0.3, 0.4) is 0 Å². The van der Waals surface area contributed by atoms with Gasteiger partial charge in [-0.25, -0.2) is 5.10 Å². The lowest BCUT2D eigenvalue weighted by Gasteiger charge is -2.07. The zero-order valence-electron chi connectivity index (χ0n) is 13.9. The maximum Gasteiger partial charge on any atom is 0.291 e. The number of benzene rings is 1. The van der Waals surface area contributed by atoms with E-state index in [0.717, 1.165) is 5.69 Å².